The van der Waals surface area contributed by atoms with Gasteiger partial charge in [-0.3, -0.25) is 0 Å². The number of hydrogen-bond donors (Lipinski definition) is 2. The van der Waals surface area contributed by atoms with Crippen LogP contribution in [0.25, 0.3) is 0 Å². The highest BCUT2D eigenvalue weighted by Crippen LogP contribution is 2.24. The van der Waals surface area contributed by atoms with Crippen molar-refractivity contribution in [2.45, 2.75) is 57.6 Å². The number of likely N-dealkylation sites (tertiary alicyclic amines) is 1. The zero-order chi connectivity index (χ0) is 21.3. The number of aromatic amines is 1. The first kappa shape index (κ1) is 22.8. The second-order valence-electron chi connectivity index (χ2n) is 7.88. The first-order valence-corrected chi connectivity index (χ1v) is 11.2. The molecule has 1 aromatic heterocycles. The number of carbonyl (C=O) groups excluding carboxylic acids is 1. The number of nitrogens with zero attached hydrogens (tertiary/aromatic N) is 3. The molecule has 7 nitrogen and oxygen atoms in total. The van der Waals surface area contributed by atoms with Crippen molar-refractivity contribution in [3.8, 4) is 0 Å². The summed E-state index contributed by atoms with van der Waals surface area (Å²) in [4.78, 5) is 14.1. The van der Waals surface area contributed by atoms with Gasteiger partial charge < -0.3 is 15.4 Å². The quantitative estimate of drug-likeness (QED) is 0.540. The van der Waals surface area contributed by atoms with Crippen LogP contribution in [0.15, 0.2) is 24.4 Å². The SMILES string of the molecule is NC(CCCCCc1cn[nH]n1)C1CCN(C(=O)OCc2cc(Cl)cc(Cl)c2)CC1. The molecule has 0 aliphatic carbocycles. The Kier molecular flexibility index (Phi) is 8.78. The van der Waals surface area contributed by atoms with Crippen LogP contribution in [0.1, 0.15) is 49.8 Å². The molecule has 1 aromatic carbocycles. The van der Waals surface area contributed by atoms with Crippen molar-refractivity contribution in [3.05, 3.63) is 45.7 Å². The summed E-state index contributed by atoms with van der Waals surface area (Å²) in [7, 11) is 0. The summed E-state index contributed by atoms with van der Waals surface area (Å²) in [6, 6.07) is 5.33. The molecule has 2 heterocycles. The maximum atomic E-state index is 12.4. The molecule has 1 aliphatic heterocycles. The van der Waals surface area contributed by atoms with Crippen molar-refractivity contribution in [2.75, 3.05) is 13.1 Å². The Hall–Kier alpha value is -1.83. The number of nitrogens with two attached hydrogens (primary N) is 1. The van der Waals surface area contributed by atoms with Crippen LogP contribution in [0.5, 0.6) is 0 Å². The average Bonchev–Trinajstić information content (AvgIpc) is 3.24. The average molecular weight is 454 g/mol. The van der Waals surface area contributed by atoms with Crippen molar-refractivity contribution in [1.82, 2.24) is 20.3 Å². The minimum absolute atomic E-state index is 0.160. The van der Waals surface area contributed by atoms with Crippen LogP contribution in [-0.2, 0) is 17.8 Å². The summed E-state index contributed by atoms with van der Waals surface area (Å²) < 4.78 is 5.42. The molecule has 0 spiro atoms. The van der Waals surface area contributed by atoms with E-state index < -0.39 is 0 Å². The number of rotatable bonds is 9. The van der Waals surface area contributed by atoms with Gasteiger partial charge in [-0.25, -0.2) is 4.79 Å². The van der Waals surface area contributed by atoms with E-state index in [0.717, 1.165) is 56.2 Å². The second-order valence-corrected chi connectivity index (χ2v) is 8.75. The van der Waals surface area contributed by atoms with Crippen molar-refractivity contribution < 1.29 is 9.53 Å². The maximum absolute atomic E-state index is 12.4. The number of hydrogen-bond acceptors (Lipinski definition) is 5. The number of aryl methyl sites for hydroxylation is 1. The Labute approximate surface area is 187 Å². The minimum atomic E-state index is -0.300. The smallest absolute Gasteiger partial charge is 0.410 e. The maximum Gasteiger partial charge on any atom is 0.410 e. The van der Waals surface area contributed by atoms with E-state index in [2.05, 4.69) is 15.4 Å². The molecule has 0 radical (unpaired) electrons. The molecule has 164 valence electrons. The summed E-state index contributed by atoms with van der Waals surface area (Å²) in [5, 5.41) is 11.6. The van der Waals surface area contributed by atoms with E-state index in [0.29, 0.717) is 29.1 Å². The molecule has 30 heavy (non-hydrogen) atoms. The van der Waals surface area contributed by atoms with Crippen LogP contribution in [0.2, 0.25) is 10.0 Å². The fraction of sp³-hybridized carbons (Fsp3) is 0.571. The van der Waals surface area contributed by atoms with Gasteiger partial charge in [0.2, 0.25) is 0 Å². The van der Waals surface area contributed by atoms with Gasteiger partial charge in [0, 0.05) is 29.2 Å². The standard InChI is InChI=1S/C21H29Cl2N5O2/c22-17-10-15(11-18(23)12-17)14-30-21(29)28-8-6-16(7-9-28)20(24)5-3-1-2-4-19-13-25-27-26-19/h10-13,16,20H,1-9,14,24H2,(H,25,26,27). The van der Waals surface area contributed by atoms with E-state index in [-0.39, 0.29) is 18.7 Å². The molecule has 0 bridgehead atoms. The predicted octanol–water partition coefficient (Wildman–Crippen LogP) is 4.59. The van der Waals surface area contributed by atoms with Crippen molar-refractivity contribution in [1.29, 1.82) is 0 Å². The van der Waals surface area contributed by atoms with E-state index >= 15 is 0 Å². The van der Waals surface area contributed by atoms with Gasteiger partial charge in [-0.2, -0.15) is 15.4 Å². The van der Waals surface area contributed by atoms with E-state index in [1.54, 1.807) is 29.3 Å². The molecule has 2 aromatic rings. The van der Waals surface area contributed by atoms with Crippen molar-refractivity contribution in [2.24, 2.45) is 11.7 Å². The number of aromatic nitrogens is 3. The predicted molar refractivity (Wildman–Crippen MR) is 117 cm³/mol. The summed E-state index contributed by atoms with van der Waals surface area (Å²) >= 11 is 12.0. The number of H-pyrrole nitrogens is 1. The van der Waals surface area contributed by atoms with Crippen LogP contribution in [0.4, 0.5) is 4.79 Å². The molecule has 3 rings (SSSR count). The number of ether oxygens (including phenoxy) is 1. The lowest BCUT2D eigenvalue weighted by atomic mass is 9.87. The monoisotopic (exact) mass is 453 g/mol. The topological polar surface area (TPSA) is 97.1 Å². The van der Waals surface area contributed by atoms with Crippen LogP contribution in [0, 0.1) is 5.92 Å². The highest BCUT2D eigenvalue weighted by molar-refractivity contribution is 6.34. The van der Waals surface area contributed by atoms with E-state index in [9.17, 15) is 4.79 Å². The Morgan fingerprint density at radius 1 is 1.20 bits per heavy atom. The molecule has 1 unspecified atom stereocenters. The van der Waals surface area contributed by atoms with E-state index in [1.165, 1.54) is 0 Å². The van der Waals surface area contributed by atoms with Gasteiger partial charge in [-0.05, 0) is 61.8 Å². The largest absolute Gasteiger partial charge is 0.445 e. The Balaban J connectivity index is 1.30. The lowest BCUT2D eigenvalue weighted by Crippen LogP contribution is -2.43. The number of unbranched alkanes of at least 4 members (excludes halogenated alkanes) is 2. The van der Waals surface area contributed by atoms with Crippen LogP contribution < -0.4 is 5.73 Å². The highest BCUT2D eigenvalue weighted by Gasteiger charge is 2.27. The Morgan fingerprint density at radius 2 is 1.93 bits per heavy atom. The fourth-order valence-electron chi connectivity index (χ4n) is 3.89. The number of carbonyl (C=O) groups is 1. The van der Waals surface area contributed by atoms with Crippen LogP contribution >= 0.6 is 23.2 Å². The first-order chi connectivity index (χ1) is 14.5. The summed E-state index contributed by atoms with van der Waals surface area (Å²) in [5.41, 5.74) is 8.21. The third-order valence-corrected chi connectivity index (χ3v) is 6.06. The number of nitrogens with one attached hydrogen (secondary N) is 1. The van der Waals surface area contributed by atoms with E-state index in [4.69, 9.17) is 33.7 Å². The van der Waals surface area contributed by atoms with Crippen molar-refractivity contribution >= 4 is 29.3 Å². The number of piperidine rings is 1. The molecule has 1 aliphatic rings. The summed E-state index contributed by atoms with van der Waals surface area (Å²) in [6.07, 6.45) is 8.62. The summed E-state index contributed by atoms with van der Waals surface area (Å²) in [5.74, 6) is 0.455. The van der Waals surface area contributed by atoms with Gasteiger partial charge in [-0.15, -0.1) is 0 Å². The van der Waals surface area contributed by atoms with Gasteiger partial charge in [-0.1, -0.05) is 36.0 Å². The zero-order valence-electron chi connectivity index (χ0n) is 17.0. The minimum Gasteiger partial charge on any atom is -0.445 e. The molecular weight excluding hydrogens is 425 g/mol. The number of benzene rings is 1. The molecule has 1 amide bonds. The number of amides is 1. The Bertz CT molecular complexity index is 774. The molecule has 1 saturated heterocycles. The van der Waals surface area contributed by atoms with Gasteiger partial charge in [0.05, 0.1) is 11.9 Å². The molecule has 3 N–H and O–H groups in total. The third-order valence-electron chi connectivity index (χ3n) is 5.62. The van der Waals surface area contributed by atoms with Crippen LogP contribution in [0.3, 0.4) is 0 Å². The Morgan fingerprint density at radius 3 is 2.60 bits per heavy atom. The normalized spacial score (nSPS) is 15.9. The lowest BCUT2D eigenvalue weighted by molar-refractivity contribution is 0.0793. The molecule has 9 heteroatoms. The first-order valence-electron chi connectivity index (χ1n) is 10.5. The highest BCUT2D eigenvalue weighted by atomic mass is 35.5. The van der Waals surface area contributed by atoms with Crippen molar-refractivity contribution in [3.63, 3.8) is 0 Å². The molecule has 1 atom stereocenters. The fourth-order valence-corrected chi connectivity index (χ4v) is 4.46. The number of halogens is 2. The molecule has 0 saturated carbocycles. The molecular formula is C21H29Cl2N5O2. The van der Waals surface area contributed by atoms with Gasteiger partial charge in [0.25, 0.3) is 0 Å². The van der Waals surface area contributed by atoms with Gasteiger partial charge >= 0.3 is 6.09 Å². The lowest BCUT2D eigenvalue weighted by Gasteiger charge is -2.34. The zero-order valence-corrected chi connectivity index (χ0v) is 18.5. The van der Waals surface area contributed by atoms with Crippen LogP contribution in [-0.4, -0.2) is 45.5 Å². The van der Waals surface area contributed by atoms with E-state index in [1.807, 2.05) is 0 Å². The second kappa shape index (κ2) is 11.5. The third kappa shape index (κ3) is 7.15. The van der Waals surface area contributed by atoms with Gasteiger partial charge in [0.15, 0.2) is 0 Å². The summed E-state index contributed by atoms with van der Waals surface area (Å²) in [6.45, 7) is 1.52. The molecule has 1 fully saturated rings. The van der Waals surface area contributed by atoms with Gasteiger partial charge in [0.1, 0.15) is 6.61 Å².